The Morgan fingerprint density at radius 1 is 1.21 bits per heavy atom. The van der Waals surface area contributed by atoms with Gasteiger partial charge in [0.1, 0.15) is 23.2 Å². The third-order valence-corrected chi connectivity index (χ3v) is 2.99. The molecule has 0 aliphatic heterocycles. The summed E-state index contributed by atoms with van der Waals surface area (Å²) in [5.41, 5.74) is 0.347. The summed E-state index contributed by atoms with van der Waals surface area (Å²) in [5.74, 6) is 0.718. The standard InChI is InChI=1S/C15H17F2NO/c1-3-18-14(15-7-4-10(2)19-15)9-11-8-12(16)5-6-13(11)17/h4-8,14,18H,3,9H2,1-2H3. The minimum Gasteiger partial charge on any atom is -0.465 e. The molecule has 4 heteroatoms. The van der Waals surface area contributed by atoms with Crippen LogP contribution in [0.3, 0.4) is 0 Å². The van der Waals surface area contributed by atoms with Gasteiger partial charge >= 0.3 is 0 Å². The van der Waals surface area contributed by atoms with E-state index in [0.717, 1.165) is 30.2 Å². The van der Waals surface area contributed by atoms with Crippen LogP contribution in [-0.2, 0) is 6.42 Å². The van der Waals surface area contributed by atoms with Gasteiger partial charge in [-0.3, -0.25) is 0 Å². The Balaban J connectivity index is 2.23. The lowest BCUT2D eigenvalue weighted by atomic mass is 10.0. The van der Waals surface area contributed by atoms with Crippen molar-refractivity contribution in [2.45, 2.75) is 26.3 Å². The van der Waals surface area contributed by atoms with Crippen LogP contribution in [0.4, 0.5) is 8.78 Å². The normalized spacial score (nSPS) is 12.6. The van der Waals surface area contributed by atoms with E-state index in [4.69, 9.17) is 4.42 Å². The van der Waals surface area contributed by atoms with Crippen LogP contribution in [0.2, 0.25) is 0 Å². The SMILES string of the molecule is CCNC(Cc1cc(F)ccc1F)c1ccc(C)o1. The molecule has 1 aromatic heterocycles. The fraction of sp³-hybridized carbons (Fsp3) is 0.333. The van der Waals surface area contributed by atoms with Gasteiger partial charge in [-0.2, -0.15) is 0 Å². The highest BCUT2D eigenvalue weighted by molar-refractivity contribution is 5.22. The van der Waals surface area contributed by atoms with Crippen LogP contribution < -0.4 is 5.32 Å². The van der Waals surface area contributed by atoms with Crippen molar-refractivity contribution in [2.75, 3.05) is 6.54 Å². The van der Waals surface area contributed by atoms with Crippen LogP contribution in [0.1, 0.15) is 30.0 Å². The second-order valence-corrected chi connectivity index (χ2v) is 4.50. The van der Waals surface area contributed by atoms with Crippen molar-refractivity contribution in [3.05, 3.63) is 59.1 Å². The molecule has 2 aromatic rings. The molecule has 0 radical (unpaired) electrons. The van der Waals surface area contributed by atoms with E-state index >= 15 is 0 Å². The Kier molecular flexibility index (Phi) is 4.32. The summed E-state index contributed by atoms with van der Waals surface area (Å²) in [7, 11) is 0. The summed E-state index contributed by atoms with van der Waals surface area (Å²) >= 11 is 0. The highest BCUT2D eigenvalue weighted by atomic mass is 19.1. The Labute approximate surface area is 111 Å². The van der Waals surface area contributed by atoms with Gasteiger partial charge in [0.05, 0.1) is 6.04 Å². The molecule has 1 aromatic carbocycles. The lowest BCUT2D eigenvalue weighted by Gasteiger charge is -2.16. The molecule has 0 saturated heterocycles. The molecule has 0 fully saturated rings. The first kappa shape index (κ1) is 13.7. The maximum atomic E-state index is 13.7. The van der Waals surface area contributed by atoms with Gasteiger partial charge in [-0.1, -0.05) is 6.92 Å². The molecule has 0 aliphatic rings. The minimum atomic E-state index is -0.428. The number of rotatable bonds is 5. The van der Waals surface area contributed by atoms with E-state index in [9.17, 15) is 8.78 Å². The number of hydrogen-bond donors (Lipinski definition) is 1. The van der Waals surface area contributed by atoms with E-state index in [2.05, 4.69) is 5.32 Å². The molecule has 1 unspecified atom stereocenters. The molecule has 2 rings (SSSR count). The van der Waals surface area contributed by atoms with E-state index < -0.39 is 11.6 Å². The third-order valence-electron chi connectivity index (χ3n) is 2.99. The molecule has 1 heterocycles. The van der Waals surface area contributed by atoms with Crippen LogP contribution in [0.5, 0.6) is 0 Å². The lowest BCUT2D eigenvalue weighted by molar-refractivity contribution is 0.399. The fourth-order valence-corrected chi connectivity index (χ4v) is 2.08. The molecule has 1 N–H and O–H groups in total. The van der Waals surface area contributed by atoms with Crippen LogP contribution in [0, 0.1) is 18.6 Å². The van der Waals surface area contributed by atoms with Gasteiger partial charge in [0.15, 0.2) is 0 Å². The first-order valence-corrected chi connectivity index (χ1v) is 6.33. The van der Waals surface area contributed by atoms with Crippen molar-refractivity contribution in [1.82, 2.24) is 5.32 Å². The summed E-state index contributed by atoms with van der Waals surface area (Å²) in [6, 6.07) is 7.07. The predicted octanol–water partition coefficient (Wildman–Crippen LogP) is 3.76. The first-order chi connectivity index (χ1) is 9.10. The third kappa shape index (κ3) is 3.41. The van der Waals surface area contributed by atoms with Gasteiger partial charge in [-0.15, -0.1) is 0 Å². The maximum Gasteiger partial charge on any atom is 0.126 e. The van der Waals surface area contributed by atoms with Gasteiger partial charge in [0, 0.05) is 0 Å². The summed E-state index contributed by atoms with van der Waals surface area (Å²) < 4.78 is 32.4. The first-order valence-electron chi connectivity index (χ1n) is 6.33. The molecule has 2 nitrogen and oxygen atoms in total. The van der Waals surface area contributed by atoms with E-state index in [1.165, 1.54) is 6.07 Å². The molecule has 0 amide bonds. The predicted molar refractivity (Wildman–Crippen MR) is 69.9 cm³/mol. The van der Waals surface area contributed by atoms with Crippen molar-refractivity contribution < 1.29 is 13.2 Å². The number of furan rings is 1. The largest absolute Gasteiger partial charge is 0.465 e. The number of halogens is 2. The van der Waals surface area contributed by atoms with Gasteiger partial charge in [0.25, 0.3) is 0 Å². The fourth-order valence-electron chi connectivity index (χ4n) is 2.08. The quantitative estimate of drug-likeness (QED) is 0.890. The van der Waals surface area contributed by atoms with Crippen LogP contribution in [-0.4, -0.2) is 6.54 Å². The number of aryl methyl sites for hydroxylation is 1. The lowest BCUT2D eigenvalue weighted by Crippen LogP contribution is -2.23. The van der Waals surface area contributed by atoms with Gasteiger partial charge in [-0.25, -0.2) is 8.78 Å². The summed E-state index contributed by atoms with van der Waals surface area (Å²) in [4.78, 5) is 0. The van der Waals surface area contributed by atoms with E-state index in [1.807, 2.05) is 26.0 Å². The zero-order valence-corrected chi connectivity index (χ0v) is 11.0. The Hall–Kier alpha value is -1.68. The summed E-state index contributed by atoms with van der Waals surface area (Å²) in [5, 5.41) is 3.22. The van der Waals surface area contributed by atoms with Crippen LogP contribution in [0.25, 0.3) is 0 Å². The molecular weight excluding hydrogens is 248 g/mol. The van der Waals surface area contributed by atoms with Crippen molar-refractivity contribution in [1.29, 1.82) is 0 Å². The Bertz CT molecular complexity index is 551. The topological polar surface area (TPSA) is 25.2 Å². The van der Waals surface area contributed by atoms with Crippen molar-refractivity contribution in [2.24, 2.45) is 0 Å². The monoisotopic (exact) mass is 265 g/mol. The van der Waals surface area contributed by atoms with Crippen molar-refractivity contribution in [3.8, 4) is 0 Å². The second-order valence-electron chi connectivity index (χ2n) is 4.50. The molecule has 0 aliphatic carbocycles. The molecule has 102 valence electrons. The second kappa shape index (κ2) is 5.97. The van der Waals surface area contributed by atoms with Crippen molar-refractivity contribution in [3.63, 3.8) is 0 Å². The number of likely N-dealkylation sites (N-methyl/N-ethyl adjacent to an activating group) is 1. The van der Waals surface area contributed by atoms with Gasteiger partial charge in [0.2, 0.25) is 0 Å². The number of hydrogen-bond acceptors (Lipinski definition) is 2. The van der Waals surface area contributed by atoms with Crippen LogP contribution >= 0.6 is 0 Å². The average Bonchev–Trinajstić information content (AvgIpc) is 2.80. The molecule has 1 atom stereocenters. The van der Waals surface area contributed by atoms with E-state index in [-0.39, 0.29) is 6.04 Å². The van der Waals surface area contributed by atoms with E-state index in [0.29, 0.717) is 12.0 Å². The van der Waals surface area contributed by atoms with Crippen molar-refractivity contribution >= 4 is 0 Å². The van der Waals surface area contributed by atoms with Crippen LogP contribution in [0.15, 0.2) is 34.7 Å². The highest BCUT2D eigenvalue weighted by Crippen LogP contribution is 2.22. The zero-order valence-electron chi connectivity index (χ0n) is 11.0. The zero-order chi connectivity index (χ0) is 13.8. The molecule has 0 saturated carbocycles. The minimum absolute atomic E-state index is 0.157. The highest BCUT2D eigenvalue weighted by Gasteiger charge is 2.17. The molecule has 0 spiro atoms. The Morgan fingerprint density at radius 3 is 2.63 bits per heavy atom. The summed E-state index contributed by atoms with van der Waals surface area (Å²) in [6.45, 7) is 4.54. The summed E-state index contributed by atoms with van der Waals surface area (Å²) in [6.07, 6.45) is 0.352. The molecule has 0 bridgehead atoms. The molecular formula is C15H17F2NO. The maximum absolute atomic E-state index is 13.7. The van der Waals surface area contributed by atoms with Gasteiger partial charge in [-0.05, 0) is 55.8 Å². The smallest absolute Gasteiger partial charge is 0.126 e. The molecule has 19 heavy (non-hydrogen) atoms. The number of nitrogens with one attached hydrogen (secondary N) is 1. The van der Waals surface area contributed by atoms with E-state index in [1.54, 1.807) is 0 Å². The Morgan fingerprint density at radius 2 is 2.00 bits per heavy atom. The number of benzene rings is 1. The van der Waals surface area contributed by atoms with Gasteiger partial charge < -0.3 is 9.73 Å². The average molecular weight is 265 g/mol.